The van der Waals surface area contributed by atoms with Crippen molar-refractivity contribution in [1.29, 1.82) is 0 Å². The fourth-order valence-electron chi connectivity index (χ4n) is 15.1. The Morgan fingerprint density at radius 2 is 1.42 bits per heavy atom. The average Bonchev–Trinajstić information content (AvgIpc) is 3.79. The van der Waals surface area contributed by atoms with E-state index in [0.29, 0.717) is 49.5 Å². The van der Waals surface area contributed by atoms with E-state index in [0.717, 1.165) is 38.5 Å². The van der Waals surface area contributed by atoms with Gasteiger partial charge in [0.2, 0.25) is 0 Å². The number of aliphatic carboxylic acids is 1. The molecule has 5 heterocycles. The highest BCUT2D eigenvalue weighted by Crippen LogP contribution is 2.71. The van der Waals surface area contributed by atoms with E-state index in [4.69, 9.17) is 47.7 Å². The van der Waals surface area contributed by atoms with Crippen LogP contribution in [0.25, 0.3) is 0 Å². The zero-order chi connectivity index (χ0) is 52.7. The summed E-state index contributed by atoms with van der Waals surface area (Å²) in [6.07, 6.45) is -15.2. The summed E-state index contributed by atoms with van der Waals surface area (Å²) in [6, 6.07) is 0. The Bertz CT molecular complexity index is 1980. The molecule has 416 valence electrons. The van der Waals surface area contributed by atoms with Gasteiger partial charge in [0.05, 0.1) is 63.2 Å². The predicted octanol–water partition coefficient (Wildman–Crippen LogP) is -0.647. The van der Waals surface area contributed by atoms with Crippen molar-refractivity contribution in [3.63, 3.8) is 0 Å². The van der Waals surface area contributed by atoms with Crippen LogP contribution >= 0.6 is 0 Å². The molecule has 0 bridgehead atoms. The first-order valence-corrected chi connectivity index (χ1v) is 26.5. The quantitative estimate of drug-likeness (QED) is 0.0761. The largest absolute Gasteiger partial charge is 0.481 e. The van der Waals surface area contributed by atoms with Crippen LogP contribution in [0.1, 0.15) is 105 Å². The van der Waals surface area contributed by atoms with Gasteiger partial charge >= 0.3 is 11.9 Å². The van der Waals surface area contributed by atoms with Crippen molar-refractivity contribution in [1.82, 2.24) is 0 Å². The number of carboxylic acid groups (broad SMARTS) is 1. The Labute approximate surface area is 424 Å². The van der Waals surface area contributed by atoms with Gasteiger partial charge in [-0.2, -0.15) is 0 Å². The van der Waals surface area contributed by atoms with E-state index in [1.54, 1.807) is 0 Å². The van der Waals surface area contributed by atoms with Gasteiger partial charge in [0.25, 0.3) is 0 Å². The molecule has 0 radical (unpaired) electrons. The highest BCUT2D eigenvalue weighted by atomic mass is 16.8. The van der Waals surface area contributed by atoms with Gasteiger partial charge in [-0.05, 0) is 99.7 Å². The summed E-state index contributed by atoms with van der Waals surface area (Å²) >= 11 is 0. The molecule has 8 fully saturated rings. The topological polar surface area (TPSA) is 340 Å². The third-order valence-electron chi connectivity index (χ3n) is 19.1. The summed E-state index contributed by atoms with van der Waals surface area (Å²) in [6.45, 7) is 8.86. The number of carbonyl (C=O) groups is 2. The average molecular weight is 1050 g/mol. The molecular weight excluding hydrogens is 965 g/mol. The number of aliphatic hydroxyl groups is 10. The van der Waals surface area contributed by atoms with Crippen LogP contribution < -0.4 is 0 Å². The van der Waals surface area contributed by atoms with Crippen LogP contribution in [0.3, 0.4) is 0 Å². The molecule has 11 N–H and O–H groups in total. The molecule has 9 rings (SSSR count). The number of rotatable bonds is 14. The first-order valence-electron chi connectivity index (χ1n) is 26.5. The molecule has 27 atom stereocenters. The van der Waals surface area contributed by atoms with Crippen molar-refractivity contribution >= 4 is 11.9 Å². The van der Waals surface area contributed by atoms with Gasteiger partial charge < -0.3 is 98.8 Å². The number of carbonyl (C=O) groups excluding carboxylic acids is 1. The van der Waals surface area contributed by atoms with Gasteiger partial charge in [-0.1, -0.05) is 32.4 Å². The maximum atomic E-state index is 12.5. The van der Waals surface area contributed by atoms with Crippen molar-refractivity contribution in [2.45, 2.75) is 221 Å². The van der Waals surface area contributed by atoms with Gasteiger partial charge in [-0.3, -0.25) is 9.59 Å². The summed E-state index contributed by atoms with van der Waals surface area (Å²) in [5.41, 5.74) is -0.524. The highest BCUT2D eigenvalue weighted by Gasteiger charge is 2.69. The third kappa shape index (κ3) is 10.3. The van der Waals surface area contributed by atoms with Crippen molar-refractivity contribution in [3.8, 4) is 0 Å². The molecule has 3 saturated carbocycles. The van der Waals surface area contributed by atoms with Gasteiger partial charge in [-0.25, -0.2) is 0 Å². The second kappa shape index (κ2) is 21.3. The predicted molar refractivity (Wildman–Crippen MR) is 247 cm³/mol. The fourth-order valence-corrected chi connectivity index (χ4v) is 15.1. The summed E-state index contributed by atoms with van der Waals surface area (Å²) in [7, 11) is 0. The van der Waals surface area contributed by atoms with Gasteiger partial charge in [0.1, 0.15) is 67.1 Å². The van der Waals surface area contributed by atoms with Gasteiger partial charge in [-0.15, -0.1) is 0 Å². The monoisotopic (exact) mass is 1040 g/mol. The number of ether oxygens (including phenoxy) is 9. The minimum Gasteiger partial charge on any atom is -0.481 e. The van der Waals surface area contributed by atoms with Gasteiger partial charge in [0, 0.05) is 18.3 Å². The normalized spacial score (nSPS) is 51.5. The molecule has 1 spiro atoms. The molecule has 5 aliphatic heterocycles. The molecule has 0 amide bonds. The van der Waals surface area contributed by atoms with E-state index < -0.39 is 148 Å². The molecule has 0 aromatic rings. The first kappa shape index (κ1) is 55.7. The van der Waals surface area contributed by atoms with Crippen LogP contribution in [-0.4, -0.2) is 210 Å². The Morgan fingerprint density at radius 1 is 0.753 bits per heavy atom. The second-order valence-electron chi connectivity index (χ2n) is 23.8. The standard InChI is InChI=1S/C51H80O22/c1-22-35-30(73-51(22)13-8-24(21-66-51)20-65-34(56)17-48(3,64)16-33(54)55)15-29-27-7-6-25-14-26(9-11-49(25,4)28(27)10-12-50(29,35)5)68-47-44(72-45-40(61)38(59)36(57)23(2)67-45)42(63)43(32(19-53)70-47)71-46-41(62)39(60)37(58)31(18-52)69-46/h6,22-24,26-32,35-47,52-53,57-64H,7-21H2,1-5H3,(H,54,55)/t22-,23?,24?,26-,27+,28-,29-,30?,31?,32?,35?,36?,37?,38?,39?,40?,41?,42?,43?,44?,45?,46?,47?,48?,49-,50-,51+/m0/s1. The summed E-state index contributed by atoms with van der Waals surface area (Å²) in [5.74, 6) is -0.908. The molecule has 19 unspecified atom stereocenters. The van der Waals surface area contributed by atoms with Crippen molar-refractivity contribution in [3.05, 3.63) is 11.6 Å². The molecular formula is C51H80O22. The van der Waals surface area contributed by atoms with Crippen LogP contribution in [0.4, 0.5) is 0 Å². The smallest absolute Gasteiger partial charge is 0.308 e. The first-order chi connectivity index (χ1) is 34.4. The number of hydrogen-bond donors (Lipinski definition) is 11. The van der Waals surface area contributed by atoms with Crippen molar-refractivity contribution in [2.24, 2.45) is 46.3 Å². The number of fused-ring (bicyclic) bond motifs is 7. The zero-order valence-electron chi connectivity index (χ0n) is 42.4. The summed E-state index contributed by atoms with van der Waals surface area (Å²) in [4.78, 5) is 23.5. The lowest BCUT2D eigenvalue weighted by Gasteiger charge is -2.59. The number of hydrogen-bond acceptors (Lipinski definition) is 21. The number of allylic oxidation sites excluding steroid dienone is 1. The number of carboxylic acids is 1. The lowest BCUT2D eigenvalue weighted by Crippen LogP contribution is -2.67. The fraction of sp³-hybridized carbons (Fsp3) is 0.922. The number of esters is 1. The van der Waals surface area contributed by atoms with E-state index in [1.165, 1.54) is 19.4 Å². The molecule has 9 aliphatic rings. The zero-order valence-corrected chi connectivity index (χ0v) is 42.4. The molecule has 22 heteroatoms. The summed E-state index contributed by atoms with van der Waals surface area (Å²) in [5, 5.41) is 115. The minimum absolute atomic E-state index is 0.0305. The molecule has 0 aromatic heterocycles. The maximum absolute atomic E-state index is 12.5. The molecule has 4 aliphatic carbocycles. The lowest BCUT2D eigenvalue weighted by molar-refractivity contribution is -0.389. The van der Waals surface area contributed by atoms with Crippen LogP contribution in [-0.2, 0) is 52.2 Å². The maximum Gasteiger partial charge on any atom is 0.308 e. The molecule has 5 saturated heterocycles. The minimum atomic E-state index is -1.85. The van der Waals surface area contributed by atoms with Crippen LogP contribution in [0.5, 0.6) is 0 Å². The van der Waals surface area contributed by atoms with E-state index in [2.05, 4.69) is 26.8 Å². The second-order valence-corrected chi connectivity index (χ2v) is 23.8. The third-order valence-corrected chi connectivity index (χ3v) is 19.1. The van der Waals surface area contributed by atoms with E-state index in [9.17, 15) is 60.7 Å². The molecule has 22 nitrogen and oxygen atoms in total. The molecule has 0 aromatic carbocycles. The Morgan fingerprint density at radius 3 is 2.10 bits per heavy atom. The molecule has 73 heavy (non-hydrogen) atoms. The van der Waals surface area contributed by atoms with Crippen LogP contribution in [0.2, 0.25) is 0 Å². The van der Waals surface area contributed by atoms with Gasteiger partial charge in [0.15, 0.2) is 24.7 Å². The van der Waals surface area contributed by atoms with Crippen LogP contribution in [0, 0.1) is 46.3 Å². The number of aliphatic hydroxyl groups excluding tert-OH is 9. The van der Waals surface area contributed by atoms with Crippen molar-refractivity contribution in [2.75, 3.05) is 26.4 Å². The van der Waals surface area contributed by atoms with E-state index in [-0.39, 0.29) is 35.4 Å². The van der Waals surface area contributed by atoms with Crippen molar-refractivity contribution < 1.29 is 108 Å². The highest BCUT2D eigenvalue weighted by molar-refractivity contribution is 5.73. The lowest BCUT2D eigenvalue weighted by atomic mass is 9.47. The Balaban J connectivity index is 0.851. The van der Waals surface area contributed by atoms with E-state index in [1.807, 2.05) is 0 Å². The summed E-state index contributed by atoms with van der Waals surface area (Å²) < 4.78 is 55.5. The Hall–Kier alpha value is -2.04. The van der Waals surface area contributed by atoms with E-state index >= 15 is 0 Å². The van der Waals surface area contributed by atoms with Crippen LogP contribution in [0.15, 0.2) is 11.6 Å². The SMILES string of the molecule is CC1OC(OC2C(O[C@H]3CC[C@@]4(C)C(=CC[C@@H]5[C@@H]4CC[C@]4(C)C6C(C[C@@H]54)O[C@]4(CCC(COC(=O)CC(C)(O)CC(=O)O)CO4)[C@H]6C)C3)OC(CO)C(OC3OC(CO)C(O)C(O)C3O)C2O)C(O)C(O)C1O. The Kier molecular flexibility index (Phi) is 16.3.